The number of furan rings is 1. The van der Waals surface area contributed by atoms with Crippen LogP contribution in [0.2, 0.25) is 10.2 Å². The third kappa shape index (κ3) is 1.61. The largest absolute Gasteiger partial charge is 0.477 e. The number of carboxylic acids is 2. The van der Waals surface area contributed by atoms with Gasteiger partial charge in [0.1, 0.15) is 10.6 Å². The van der Waals surface area contributed by atoms with E-state index in [1.165, 1.54) is 0 Å². The van der Waals surface area contributed by atoms with Crippen molar-refractivity contribution in [3.8, 4) is 0 Å². The standard InChI is InChI=1S/C6H2Cl2O5/c7-2-1(5(9)10)3(6(11)12)13-4(2)8/h(H,9,10)(H,11,12). The molecule has 2 N–H and O–H groups in total. The van der Waals surface area contributed by atoms with E-state index in [1.54, 1.807) is 0 Å². The van der Waals surface area contributed by atoms with Crippen LogP contribution >= 0.6 is 23.2 Å². The summed E-state index contributed by atoms with van der Waals surface area (Å²) in [6, 6.07) is 0. The molecule has 0 aliphatic heterocycles. The zero-order valence-corrected chi connectivity index (χ0v) is 7.39. The van der Waals surface area contributed by atoms with Crippen LogP contribution in [-0.2, 0) is 0 Å². The van der Waals surface area contributed by atoms with Crippen LogP contribution in [0.3, 0.4) is 0 Å². The zero-order valence-electron chi connectivity index (χ0n) is 5.88. The van der Waals surface area contributed by atoms with Crippen LogP contribution in [0.4, 0.5) is 0 Å². The molecule has 1 rings (SSSR count). The van der Waals surface area contributed by atoms with E-state index in [2.05, 4.69) is 4.42 Å². The van der Waals surface area contributed by atoms with E-state index in [-0.39, 0.29) is 0 Å². The minimum Gasteiger partial charge on any atom is -0.477 e. The van der Waals surface area contributed by atoms with Crippen molar-refractivity contribution in [3.63, 3.8) is 0 Å². The lowest BCUT2D eigenvalue weighted by Crippen LogP contribution is -2.04. The fourth-order valence-corrected chi connectivity index (χ4v) is 1.10. The van der Waals surface area contributed by atoms with E-state index >= 15 is 0 Å². The van der Waals surface area contributed by atoms with Gasteiger partial charge in [0.15, 0.2) is 0 Å². The second kappa shape index (κ2) is 3.27. The SMILES string of the molecule is O=C(O)c1oc(Cl)c(Cl)c1C(=O)O. The molecule has 0 radical (unpaired) electrons. The second-order valence-corrected chi connectivity index (χ2v) is 2.73. The average Bonchev–Trinajstić information content (AvgIpc) is 2.28. The number of rotatable bonds is 2. The summed E-state index contributed by atoms with van der Waals surface area (Å²) < 4.78 is 4.42. The van der Waals surface area contributed by atoms with Crippen molar-refractivity contribution >= 4 is 35.1 Å². The van der Waals surface area contributed by atoms with Crippen molar-refractivity contribution in [1.82, 2.24) is 0 Å². The Morgan fingerprint density at radius 1 is 1.15 bits per heavy atom. The molecule has 0 aliphatic rings. The number of aromatic carboxylic acids is 2. The van der Waals surface area contributed by atoms with E-state index in [1.807, 2.05) is 0 Å². The Balaban J connectivity index is 3.44. The molecule has 7 heteroatoms. The van der Waals surface area contributed by atoms with Gasteiger partial charge in [-0.1, -0.05) is 11.6 Å². The molecule has 0 bridgehead atoms. The zero-order chi connectivity index (χ0) is 10.2. The predicted octanol–water partition coefficient (Wildman–Crippen LogP) is 1.98. The molecule has 1 aromatic heterocycles. The molecule has 0 amide bonds. The first-order valence-corrected chi connectivity index (χ1v) is 3.65. The van der Waals surface area contributed by atoms with Crippen LogP contribution in [0.1, 0.15) is 20.9 Å². The maximum atomic E-state index is 10.5. The molecule has 0 aliphatic carbocycles. The Labute approximate surface area is 81.5 Å². The van der Waals surface area contributed by atoms with Gasteiger partial charge in [-0.3, -0.25) is 0 Å². The molecule has 70 valence electrons. The summed E-state index contributed by atoms with van der Waals surface area (Å²) in [5, 5.41) is 16.2. The summed E-state index contributed by atoms with van der Waals surface area (Å²) in [5.74, 6) is -3.81. The van der Waals surface area contributed by atoms with Crippen LogP contribution in [-0.4, -0.2) is 22.2 Å². The van der Waals surface area contributed by atoms with E-state index < -0.39 is 33.5 Å². The monoisotopic (exact) mass is 224 g/mol. The molecule has 0 unspecified atom stereocenters. The summed E-state index contributed by atoms with van der Waals surface area (Å²) in [4.78, 5) is 20.9. The van der Waals surface area contributed by atoms with Gasteiger partial charge >= 0.3 is 11.9 Å². The van der Waals surface area contributed by atoms with E-state index in [9.17, 15) is 9.59 Å². The lowest BCUT2D eigenvalue weighted by atomic mass is 10.2. The highest BCUT2D eigenvalue weighted by Crippen LogP contribution is 2.31. The molecule has 1 heterocycles. The third-order valence-corrected chi connectivity index (χ3v) is 1.94. The van der Waals surface area contributed by atoms with E-state index in [0.29, 0.717) is 0 Å². The lowest BCUT2D eigenvalue weighted by Gasteiger charge is -1.90. The average molecular weight is 225 g/mol. The molecule has 0 aromatic carbocycles. The highest BCUT2D eigenvalue weighted by atomic mass is 35.5. The van der Waals surface area contributed by atoms with Gasteiger partial charge < -0.3 is 14.6 Å². The Morgan fingerprint density at radius 3 is 2.00 bits per heavy atom. The van der Waals surface area contributed by atoms with Crippen molar-refractivity contribution in [2.24, 2.45) is 0 Å². The van der Waals surface area contributed by atoms with Gasteiger partial charge in [0.2, 0.25) is 11.0 Å². The van der Waals surface area contributed by atoms with Crippen LogP contribution in [0.25, 0.3) is 0 Å². The highest BCUT2D eigenvalue weighted by Gasteiger charge is 2.27. The second-order valence-electron chi connectivity index (χ2n) is 2.00. The minimum atomic E-state index is -1.54. The van der Waals surface area contributed by atoms with Gasteiger partial charge in [0, 0.05) is 0 Å². The molecule has 0 saturated carbocycles. The summed E-state index contributed by atoms with van der Waals surface area (Å²) in [6.45, 7) is 0. The van der Waals surface area contributed by atoms with Crippen LogP contribution < -0.4 is 0 Å². The Hall–Kier alpha value is -1.20. The summed E-state index contributed by atoms with van der Waals surface area (Å²) in [6.07, 6.45) is 0. The molecule has 0 atom stereocenters. The smallest absolute Gasteiger partial charge is 0.372 e. The van der Waals surface area contributed by atoms with Crippen LogP contribution in [0.5, 0.6) is 0 Å². The quantitative estimate of drug-likeness (QED) is 0.803. The van der Waals surface area contributed by atoms with E-state index in [4.69, 9.17) is 33.4 Å². The van der Waals surface area contributed by atoms with Gasteiger partial charge in [0.05, 0.1) is 0 Å². The van der Waals surface area contributed by atoms with Gasteiger partial charge in [-0.25, -0.2) is 9.59 Å². The maximum Gasteiger partial charge on any atom is 0.372 e. The first kappa shape index (κ1) is 9.88. The van der Waals surface area contributed by atoms with E-state index in [0.717, 1.165) is 0 Å². The molecule has 1 aromatic rings. The van der Waals surface area contributed by atoms with Gasteiger partial charge in [-0.05, 0) is 11.6 Å². The molecule has 0 saturated heterocycles. The van der Waals surface area contributed by atoms with Crippen molar-refractivity contribution in [1.29, 1.82) is 0 Å². The maximum absolute atomic E-state index is 10.5. The minimum absolute atomic E-state index is 0.411. The summed E-state index contributed by atoms with van der Waals surface area (Å²) in [5.41, 5.74) is -0.640. The van der Waals surface area contributed by atoms with Gasteiger partial charge in [-0.2, -0.15) is 0 Å². The molecular weight excluding hydrogens is 223 g/mol. The van der Waals surface area contributed by atoms with Gasteiger partial charge in [-0.15, -0.1) is 0 Å². The number of hydrogen-bond acceptors (Lipinski definition) is 3. The Morgan fingerprint density at radius 2 is 1.69 bits per heavy atom. The highest BCUT2D eigenvalue weighted by molar-refractivity contribution is 6.43. The van der Waals surface area contributed by atoms with Crippen molar-refractivity contribution < 1.29 is 24.2 Å². The topological polar surface area (TPSA) is 87.7 Å². The van der Waals surface area contributed by atoms with Crippen LogP contribution in [0.15, 0.2) is 4.42 Å². The Kier molecular flexibility index (Phi) is 2.49. The molecule has 0 fully saturated rings. The summed E-state index contributed by atoms with van der Waals surface area (Å²) >= 11 is 10.7. The van der Waals surface area contributed by atoms with Gasteiger partial charge in [0.25, 0.3) is 0 Å². The number of carboxylic acid groups (broad SMARTS) is 2. The lowest BCUT2D eigenvalue weighted by molar-refractivity contribution is 0.0626. The predicted molar refractivity (Wildman–Crippen MR) is 42.6 cm³/mol. The van der Waals surface area contributed by atoms with Crippen LogP contribution in [0, 0.1) is 0 Å². The molecular formula is C6H2Cl2O5. The van der Waals surface area contributed by atoms with Crippen molar-refractivity contribution in [2.45, 2.75) is 0 Å². The number of halogens is 2. The molecule has 0 spiro atoms. The Bertz CT molecular complexity index is 381. The summed E-state index contributed by atoms with van der Waals surface area (Å²) in [7, 11) is 0. The number of carbonyl (C=O) groups is 2. The molecule has 13 heavy (non-hydrogen) atoms. The first-order chi connectivity index (χ1) is 5.95. The number of hydrogen-bond donors (Lipinski definition) is 2. The molecule has 5 nitrogen and oxygen atoms in total. The normalized spacial score (nSPS) is 10.0. The fraction of sp³-hybridized carbons (Fsp3) is 0. The third-order valence-electron chi connectivity index (χ3n) is 1.22. The first-order valence-electron chi connectivity index (χ1n) is 2.89. The fourth-order valence-electron chi connectivity index (χ4n) is 0.725. The van der Waals surface area contributed by atoms with Crippen molar-refractivity contribution in [2.75, 3.05) is 0 Å². The van der Waals surface area contributed by atoms with Crippen molar-refractivity contribution in [3.05, 3.63) is 21.6 Å².